The van der Waals surface area contributed by atoms with Crippen LogP contribution < -0.4 is 10.7 Å². The summed E-state index contributed by atoms with van der Waals surface area (Å²) in [7, 11) is 0. The summed E-state index contributed by atoms with van der Waals surface area (Å²) in [4.78, 5) is 11.7. The summed E-state index contributed by atoms with van der Waals surface area (Å²) in [6.07, 6.45) is -4.24. The second-order valence-electron chi connectivity index (χ2n) is 5.15. The molecule has 1 aliphatic heterocycles. The van der Waals surface area contributed by atoms with Crippen molar-refractivity contribution in [1.82, 2.24) is 0 Å². The third kappa shape index (κ3) is 3.39. The summed E-state index contributed by atoms with van der Waals surface area (Å²) in [5.41, 5.74) is 4.97. The predicted molar refractivity (Wildman–Crippen MR) is 88.6 cm³/mol. The van der Waals surface area contributed by atoms with Crippen LogP contribution in [0.15, 0.2) is 41.5 Å². The smallest absolute Gasteiger partial charge is 0.435 e. The number of cyclic esters (lactones) is 1. The minimum atomic E-state index is -4.67. The number of amides is 1. The zero-order valence-corrected chi connectivity index (χ0v) is 13.3. The highest BCUT2D eigenvalue weighted by Crippen LogP contribution is 2.41. The monoisotopic (exact) mass is 369 g/mol. The Bertz CT molecular complexity index is 868. The van der Waals surface area contributed by atoms with Gasteiger partial charge in [-0.05, 0) is 29.8 Å². The molecule has 1 aliphatic rings. The van der Waals surface area contributed by atoms with E-state index in [2.05, 4.69) is 5.10 Å². The average Bonchev–Trinajstić information content (AvgIpc) is 2.54. The Hall–Kier alpha value is -2.74. The van der Waals surface area contributed by atoms with Gasteiger partial charge in [0.15, 0.2) is 0 Å². The number of nitrogens with two attached hydrogens (primary N) is 1. The first kappa shape index (κ1) is 17.1. The normalized spacial score (nSPS) is 14.6. The molecule has 2 N–H and O–H groups in total. The lowest BCUT2D eigenvalue weighted by molar-refractivity contribution is -0.137. The topological polar surface area (TPSA) is 67.9 Å². The first-order chi connectivity index (χ1) is 11.8. The van der Waals surface area contributed by atoms with Crippen LogP contribution in [0.3, 0.4) is 0 Å². The van der Waals surface area contributed by atoms with E-state index in [0.717, 1.165) is 11.1 Å². The van der Waals surface area contributed by atoms with Gasteiger partial charge in [-0.25, -0.2) is 4.79 Å². The van der Waals surface area contributed by atoms with Gasteiger partial charge < -0.3 is 10.5 Å². The summed E-state index contributed by atoms with van der Waals surface area (Å²) in [5.74, 6) is 0. The molecule has 0 spiro atoms. The van der Waals surface area contributed by atoms with Gasteiger partial charge in [0, 0.05) is 16.3 Å². The van der Waals surface area contributed by atoms with Crippen LogP contribution in [0.25, 0.3) is 11.1 Å². The van der Waals surface area contributed by atoms with E-state index in [0.29, 0.717) is 5.02 Å². The zero-order chi connectivity index (χ0) is 18.2. The third-order valence-corrected chi connectivity index (χ3v) is 3.74. The quantitative estimate of drug-likeness (QED) is 0.789. The standard InChI is InChI=1S/C16H11ClF3N3O2/c17-9-1-3-12(14(21)7-9)11-4-2-10(8-13(11)16(18,19)20)23-15(24)25-6-5-22-23/h1-5,7-8H,6,21H2. The summed E-state index contributed by atoms with van der Waals surface area (Å²) < 4.78 is 45.4. The lowest BCUT2D eigenvalue weighted by atomic mass is 9.97. The number of carbonyl (C=O) groups is 1. The number of rotatable bonds is 2. The largest absolute Gasteiger partial charge is 0.442 e. The fourth-order valence-corrected chi connectivity index (χ4v) is 2.60. The third-order valence-electron chi connectivity index (χ3n) is 3.51. The maximum Gasteiger partial charge on any atom is 0.435 e. The van der Waals surface area contributed by atoms with Gasteiger partial charge in [0.05, 0.1) is 17.5 Å². The van der Waals surface area contributed by atoms with Crippen molar-refractivity contribution in [3.8, 4) is 11.1 Å². The second-order valence-corrected chi connectivity index (χ2v) is 5.58. The Morgan fingerprint density at radius 1 is 1.16 bits per heavy atom. The number of benzene rings is 2. The van der Waals surface area contributed by atoms with Crippen LogP contribution in [0, 0.1) is 0 Å². The highest BCUT2D eigenvalue weighted by molar-refractivity contribution is 6.31. The number of hydrogen-bond donors (Lipinski definition) is 1. The molecule has 2 aromatic rings. The molecule has 0 atom stereocenters. The van der Waals surface area contributed by atoms with Crippen molar-refractivity contribution in [1.29, 1.82) is 0 Å². The summed E-state index contributed by atoms with van der Waals surface area (Å²) in [6, 6.07) is 7.63. The number of alkyl halides is 3. The lowest BCUT2D eigenvalue weighted by Crippen LogP contribution is -2.31. The van der Waals surface area contributed by atoms with Gasteiger partial charge in [-0.15, -0.1) is 0 Å². The van der Waals surface area contributed by atoms with Crippen LogP contribution in [0.5, 0.6) is 0 Å². The van der Waals surface area contributed by atoms with E-state index in [1.54, 1.807) is 0 Å². The molecule has 0 fully saturated rings. The molecule has 5 nitrogen and oxygen atoms in total. The fraction of sp³-hybridized carbons (Fsp3) is 0.125. The van der Waals surface area contributed by atoms with Crippen LogP contribution in [0.1, 0.15) is 5.56 Å². The molecule has 0 radical (unpaired) electrons. The van der Waals surface area contributed by atoms with Crippen LogP contribution in [0.4, 0.5) is 29.3 Å². The molecule has 0 aliphatic carbocycles. The maximum absolute atomic E-state index is 13.5. The second kappa shape index (κ2) is 6.29. The van der Waals surface area contributed by atoms with Crippen molar-refractivity contribution < 1.29 is 22.7 Å². The minimum absolute atomic E-state index is 0.0269. The molecule has 1 amide bonds. The molecular formula is C16H11ClF3N3O2. The summed E-state index contributed by atoms with van der Waals surface area (Å²) in [5, 5.41) is 4.83. The lowest BCUT2D eigenvalue weighted by Gasteiger charge is -2.22. The first-order valence-corrected chi connectivity index (χ1v) is 7.41. The van der Waals surface area contributed by atoms with Gasteiger partial charge in [-0.2, -0.15) is 23.3 Å². The summed E-state index contributed by atoms with van der Waals surface area (Å²) in [6.45, 7) is -0.0269. The van der Waals surface area contributed by atoms with Crippen molar-refractivity contribution in [2.45, 2.75) is 6.18 Å². The SMILES string of the molecule is Nc1cc(Cl)ccc1-c1ccc(N2N=CCOC2=O)cc1C(F)(F)F. The molecular weight excluding hydrogens is 359 g/mol. The van der Waals surface area contributed by atoms with E-state index in [1.807, 2.05) is 0 Å². The molecule has 25 heavy (non-hydrogen) atoms. The van der Waals surface area contributed by atoms with Gasteiger partial charge in [0.2, 0.25) is 0 Å². The van der Waals surface area contributed by atoms with Crippen LogP contribution >= 0.6 is 11.6 Å². The Kier molecular flexibility index (Phi) is 4.30. The van der Waals surface area contributed by atoms with Crippen molar-refractivity contribution in [3.63, 3.8) is 0 Å². The van der Waals surface area contributed by atoms with Crippen LogP contribution in [-0.2, 0) is 10.9 Å². The number of nitrogen functional groups attached to an aromatic ring is 1. The van der Waals surface area contributed by atoms with Gasteiger partial charge >= 0.3 is 12.3 Å². The van der Waals surface area contributed by atoms with Crippen molar-refractivity contribution >= 4 is 35.3 Å². The molecule has 1 heterocycles. The highest BCUT2D eigenvalue weighted by Gasteiger charge is 2.35. The van der Waals surface area contributed by atoms with Crippen molar-refractivity contribution in [2.75, 3.05) is 17.3 Å². The van der Waals surface area contributed by atoms with E-state index in [1.165, 1.54) is 36.5 Å². The number of carbonyl (C=O) groups excluding carboxylic acids is 1. The molecule has 9 heteroatoms. The maximum atomic E-state index is 13.5. The fourth-order valence-electron chi connectivity index (χ4n) is 2.42. The molecule has 0 saturated heterocycles. The highest BCUT2D eigenvalue weighted by atomic mass is 35.5. The molecule has 0 aromatic heterocycles. The molecule has 2 aromatic carbocycles. The first-order valence-electron chi connectivity index (χ1n) is 7.03. The minimum Gasteiger partial charge on any atom is -0.442 e. The zero-order valence-electron chi connectivity index (χ0n) is 12.5. The summed E-state index contributed by atoms with van der Waals surface area (Å²) >= 11 is 5.80. The van der Waals surface area contributed by atoms with E-state index >= 15 is 0 Å². The van der Waals surface area contributed by atoms with Crippen molar-refractivity contribution in [2.24, 2.45) is 5.10 Å². The molecule has 0 bridgehead atoms. The van der Waals surface area contributed by atoms with Gasteiger partial charge in [0.1, 0.15) is 6.61 Å². The number of nitrogens with zero attached hydrogens (tertiary/aromatic N) is 2. The van der Waals surface area contributed by atoms with Gasteiger partial charge in [-0.3, -0.25) is 0 Å². The Morgan fingerprint density at radius 2 is 1.88 bits per heavy atom. The Balaban J connectivity index is 2.15. The van der Waals surface area contributed by atoms with Crippen molar-refractivity contribution in [3.05, 3.63) is 47.0 Å². The molecule has 0 saturated carbocycles. The number of hydrazone groups is 1. The molecule has 130 valence electrons. The van der Waals surface area contributed by atoms with E-state index < -0.39 is 17.8 Å². The van der Waals surface area contributed by atoms with Crippen LogP contribution in [0.2, 0.25) is 5.02 Å². The Labute approximate surface area is 145 Å². The van der Waals surface area contributed by atoms with Crippen LogP contribution in [-0.4, -0.2) is 18.9 Å². The number of halogens is 4. The number of anilines is 2. The molecule has 0 unspecified atom stereocenters. The van der Waals surface area contributed by atoms with E-state index in [9.17, 15) is 18.0 Å². The number of ether oxygens (including phenoxy) is 1. The average molecular weight is 370 g/mol. The van der Waals surface area contributed by atoms with Gasteiger partial charge in [0.25, 0.3) is 0 Å². The van der Waals surface area contributed by atoms with E-state index in [-0.39, 0.29) is 29.1 Å². The molecule has 3 rings (SSSR count). The Morgan fingerprint density at radius 3 is 2.52 bits per heavy atom. The number of hydrogen-bond acceptors (Lipinski definition) is 4. The van der Waals surface area contributed by atoms with Gasteiger partial charge in [-0.1, -0.05) is 23.7 Å². The van der Waals surface area contributed by atoms with E-state index in [4.69, 9.17) is 22.1 Å². The predicted octanol–water partition coefficient (Wildman–Crippen LogP) is 4.55.